The first-order valence-corrected chi connectivity index (χ1v) is 10.0. The number of amides is 1. The van der Waals surface area contributed by atoms with Crippen molar-refractivity contribution in [3.05, 3.63) is 58.9 Å². The fourth-order valence-electron chi connectivity index (χ4n) is 3.67. The van der Waals surface area contributed by atoms with Crippen molar-refractivity contribution in [1.82, 2.24) is 24.9 Å². The largest absolute Gasteiger partial charge is 0.496 e. The van der Waals surface area contributed by atoms with E-state index in [-0.39, 0.29) is 5.91 Å². The maximum Gasteiger partial charge on any atom is 0.257 e. The van der Waals surface area contributed by atoms with E-state index >= 15 is 0 Å². The Kier molecular flexibility index (Phi) is 5.39. The first kappa shape index (κ1) is 19.9. The molecular weight excluding hydrogens is 380 g/mol. The number of methoxy groups -OCH3 is 1. The number of carbonyl (C=O) groups is 1. The van der Waals surface area contributed by atoms with E-state index in [0.717, 1.165) is 22.8 Å². The molecule has 0 radical (unpaired) electrons. The fraction of sp³-hybridized carbons (Fsp3) is 0.364. The van der Waals surface area contributed by atoms with Crippen molar-refractivity contribution >= 4 is 11.7 Å². The van der Waals surface area contributed by atoms with Gasteiger partial charge in [-0.1, -0.05) is 12.1 Å². The molecule has 8 heteroatoms. The highest BCUT2D eigenvalue weighted by atomic mass is 16.5. The average molecular weight is 406 g/mol. The van der Waals surface area contributed by atoms with Crippen LogP contribution in [0.1, 0.15) is 27.3 Å². The molecule has 30 heavy (non-hydrogen) atoms. The van der Waals surface area contributed by atoms with E-state index in [1.165, 1.54) is 0 Å². The number of carbonyl (C=O) groups excluding carboxylic acids is 1. The maximum absolute atomic E-state index is 12.9. The number of hydrogen-bond donors (Lipinski definition) is 0. The van der Waals surface area contributed by atoms with Gasteiger partial charge < -0.3 is 14.5 Å². The summed E-state index contributed by atoms with van der Waals surface area (Å²) in [5.74, 6) is 2.11. The van der Waals surface area contributed by atoms with E-state index in [1.807, 2.05) is 53.8 Å². The minimum atomic E-state index is -0.00608. The number of rotatable bonds is 4. The molecule has 0 spiro atoms. The monoisotopic (exact) mass is 406 g/mol. The number of hydrogen-bond acceptors (Lipinski definition) is 6. The molecule has 3 aromatic rings. The SMILES string of the molecule is COc1ccccc1C(=O)N1CCN(c2ccc(-n3nc(C)c(C)c3C)nn2)CC1. The zero-order valence-corrected chi connectivity index (χ0v) is 17.8. The molecule has 1 fully saturated rings. The molecule has 1 aliphatic rings. The van der Waals surface area contributed by atoms with Crippen LogP contribution < -0.4 is 9.64 Å². The molecule has 1 amide bonds. The highest BCUT2D eigenvalue weighted by Gasteiger charge is 2.25. The number of para-hydroxylation sites is 1. The van der Waals surface area contributed by atoms with Gasteiger partial charge in [-0.3, -0.25) is 4.79 Å². The van der Waals surface area contributed by atoms with Crippen molar-refractivity contribution in [2.24, 2.45) is 0 Å². The Labute approximate surface area is 176 Å². The first-order chi connectivity index (χ1) is 14.5. The lowest BCUT2D eigenvalue weighted by atomic mass is 10.1. The molecule has 8 nitrogen and oxygen atoms in total. The van der Waals surface area contributed by atoms with Gasteiger partial charge in [0, 0.05) is 31.9 Å². The molecule has 3 heterocycles. The van der Waals surface area contributed by atoms with E-state index < -0.39 is 0 Å². The molecule has 0 bridgehead atoms. The Balaban J connectivity index is 1.43. The summed E-state index contributed by atoms with van der Waals surface area (Å²) in [6, 6.07) is 11.2. The Hall–Kier alpha value is -3.42. The third kappa shape index (κ3) is 3.60. The first-order valence-electron chi connectivity index (χ1n) is 10.0. The summed E-state index contributed by atoms with van der Waals surface area (Å²) in [6.45, 7) is 8.73. The van der Waals surface area contributed by atoms with Gasteiger partial charge in [0.25, 0.3) is 5.91 Å². The number of ether oxygens (including phenoxy) is 1. The molecule has 0 aliphatic carbocycles. The molecule has 1 aliphatic heterocycles. The topological polar surface area (TPSA) is 76.4 Å². The second kappa shape index (κ2) is 8.14. The second-order valence-corrected chi connectivity index (χ2v) is 7.44. The Morgan fingerprint density at radius 3 is 2.20 bits per heavy atom. The zero-order valence-electron chi connectivity index (χ0n) is 17.8. The van der Waals surface area contributed by atoms with Gasteiger partial charge in [-0.15, -0.1) is 10.2 Å². The fourth-order valence-corrected chi connectivity index (χ4v) is 3.67. The average Bonchev–Trinajstić information content (AvgIpc) is 3.06. The van der Waals surface area contributed by atoms with Crippen LogP contribution in [0.15, 0.2) is 36.4 Å². The molecular formula is C22H26N6O2. The van der Waals surface area contributed by atoms with Gasteiger partial charge in [0.05, 0.1) is 18.4 Å². The summed E-state index contributed by atoms with van der Waals surface area (Å²) in [4.78, 5) is 16.9. The van der Waals surface area contributed by atoms with Crippen molar-refractivity contribution in [2.75, 3.05) is 38.2 Å². The summed E-state index contributed by atoms with van der Waals surface area (Å²) < 4.78 is 7.15. The van der Waals surface area contributed by atoms with Gasteiger partial charge in [-0.05, 0) is 50.6 Å². The summed E-state index contributed by atoms with van der Waals surface area (Å²) in [5, 5.41) is 13.3. The smallest absolute Gasteiger partial charge is 0.257 e. The minimum Gasteiger partial charge on any atom is -0.496 e. The molecule has 0 atom stereocenters. The molecule has 4 rings (SSSR count). The van der Waals surface area contributed by atoms with Gasteiger partial charge >= 0.3 is 0 Å². The lowest BCUT2D eigenvalue weighted by Gasteiger charge is -2.35. The predicted octanol–water partition coefficient (Wildman–Crippen LogP) is 2.56. The molecule has 0 N–H and O–H groups in total. The van der Waals surface area contributed by atoms with Gasteiger partial charge in [-0.2, -0.15) is 5.10 Å². The molecule has 156 valence electrons. The van der Waals surface area contributed by atoms with Gasteiger partial charge in [0.1, 0.15) is 5.75 Å². The van der Waals surface area contributed by atoms with Crippen molar-refractivity contribution in [3.8, 4) is 11.6 Å². The van der Waals surface area contributed by atoms with Crippen LogP contribution >= 0.6 is 0 Å². The molecule has 1 aromatic carbocycles. The van der Waals surface area contributed by atoms with E-state index in [4.69, 9.17) is 4.74 Å². The second-order valence-electron chi connectivity index (χ2n) is 7.44. The molecule has 0 saturated carbocycles. The van der Waals surface area contributed by atoms with Crippen molar-refractivity contribution in [3.63, 3.8) is 0 Å². The minimum absolute atomic E-state index is 0.00608. The van der Waals surface area contributed by atoms with E-state index in [9.17, 15) is 4.79 Å². The zero-order chi connectivity index (χ0) is 21.3. The maximum atomic E-state index is 12.9. The number of aromatic nitrogens is 4. The number of nitrogens with zero attached hydrogens (tertiary/aromatic N) is 6. The molecule has 0 unspecified atom stereocenters. The summed E-state index contributed by atoms with van der Waals surface area (Å²) in [6.07, 6.45) is 0. The molecule has 1 saturated heterocycles. The Morgan fingerprint density at radius 1 is 0.933 bits per heavy atom. The third-order valence-corrected chi connectivity index (χ3v) is 5.73. The van der Waals surface area contributed by atoms with E-state index in [2.05, 4.69) is 27.1 Å². The third-order valence-electron chi connectivity index (χ3n) is 5.73. The van der Waals surface area contributed by atoms with Gasteiger partial charge in [-0.25, -0.2) is 4.68 Å². The highest BCUT2D eigenvalue weighted by Crippen LogP contribution is 2.22. The van der Waals surface area contributed by atoms with Crippen molar-refractivity contribution in [1.29, 1.82) is 0 Å². The van der Waals surface area contributed by atoms with E-state index in [0.29, 0.717) is 43.3 Å². The van der Waals surface area contributed by atoms with Crippen LogP contribution in [-0.4, -0.2) is 64.1 Å². The van der Waals surface area contributed by atoms with Crippen LogP contribution in [0, 0.1) is 20.8 Å². The quantitative estimate of drug-likeness (QED) is 0.663. The number of piperazine rings is 1. The number of benzene rings is 1. The van der Waals surface area contributed by atoms with Crippen LogP contribution in [0.25, 0.3) is 5.82 Å². The van der Waals surface area contributed by atoms with Crippen LogP contribution in [0.5, 0.6) is 5.75 Å². The number of aryl methyl sites for hydroxylation is 1. The Morgan fingerprint density at radius 2 is 1.60 bits per heavy atom. The Bertz CT molecular complexity index is 1050. The van der Waals surface area contributed by atoms with Gasteiger partial charge in [0.2, 0.25) is 0 Å². The summed E-state index contributed by atoms with van der Waals surface area (Å²) in [5.41, 5.74) is 3.82. The van der Waals surface area contributed by atoms with Crippen LogP contribution in [0.2, 0.25) is 0 Å². The van der Waals surface area contributed by atoms with Crippen LogP contribution in [-0.2, 0) is 0 Å². The summed E-state index contributed by atoms with van der Waals surface area (Å²) >= 11 is 0. The standard InChI is InChI=1S/C22H26N6O2/c1-15-16(2)25-28(17(15)3)21-10-9-20(23-24-21)26-11-13-27(14-12-26)22(29)18-7-5-6-8-19(18)30-4/h5-10H,11-14H2,1-4H3. The lowest BCUT2D eigenvalue weighted by Crippen LogP contribution is -2.49. The highest BCUT2D eigenvalue weighted by molar-refractivity contribution is 5.97. The van der Waals surface area contributed by atoms with Crippen LogP contribution in [0.4, 0.5) is 5.82 Å². The van der Waals surface area contributed by atoms with E-state index in [1.54, 1.807) is 13.2 Å². The van der Waals surface area contributed by atoms with Crippen molar-refractivity contribution < 1.29 is 9.53 Å². The summed E-state index contributed by atoms with van der Waals surface area (Å²) in [7, 11) is 1.58. The van der Waals surface area contributed by atoms with Gasteiger partial charge in [0.15, 0.2) is 11.6 Å². The molecule has 2 aromatic heterocycles. The normalized spacial score (nSPS) is 14.1. The number of anilines is 1. The lowest BCUT2D eigenvalue weighted by molar-refractivity contribution is 0.0743. The van der Waals surface area contributed by atoms with Crippen LogP contribution in [0.3, 0.4) is 0 Å². The van der Waals surface area contributed by atoms with Crippen molar-refractivity contribution in [2.45, 2.75) is 20.8 Å². The predicted molar refractivity (Wildman–Crippen MR) is 114 cm³/mol.